The van der Waals surface area contributed by atoms with Crippen molar-refractivity contribution in [1.82, 2.24) is 5.06 Å². The first-order valence-electron chi connectivity index (χ1n) is 14.0. The van der Waals surface area contributed by atoms with Gasteiger partial charge in [-0.15, -0.1) is 0 Å². The molecule has 4 saturated carbocycles. The van der Waals surface area contributed by atoms with Crippen LogP contribution in [-0.4, -0.2) is 35.3 Å². The molecule has 0 aliphatic heterocycles. The van der Waals surface area contributed by atoms with Gasteiger partial charge in [0.1, 0.15) is 0 Å². The molecule has 5 aliphatic rings. The van der Waals surface area contributed by atoms with Gasteiger partial charge < -0.3 is 5.11 Å². The standard InChI is InChI=1S/C29H47NO3/c1-19(8-13-27(32)30(4)33-22-6-5-7-22)24-11-12-25-23-10-9-20-18-21(31)14-16-28(20,2)26(23)15-17-29(24,25)3/h9,19,21-26,31H,5-8,10-18H2,1-4H3/t19?,21-,23-,24+,25-,26-,28-,29+/m0/s1. The smallest absolute Gasteiger partial charge is 0.245 e. The molecule has 0 spiro atoms. The van der Waals surface area contributed by atoms with Crippen LogP contribution in [0.5, 0.6) is 0 Å². The molecule has 33 heavy (non-hydrogen) atoms. The van der Waals surface area contributed by atoms with Gasteiger partial charge >= 0.3 is 0 Å². The summed E-state index contributed by atoms with van der Waals surface area (Å²) in [5.74, 6) is 3.91. The molecule has 4 nitrogen and oxygen atoms in total. The van der Waals surface area contributed by atoms with E-state index < -0.39 is 0 Å². The molecule has 186 valence electrons. The summed E-state index contributed by atoms with van der Waals surface area (Å²) in [4.78, 5) is 18.5. The lowest BCUT2D eigenvalue weighted by atomic mass is 9.47. The minimum absolute atomic E-state index is 0.118. The fraction of sp³-hybridized carbons (Fsp3) is 0.897. The maximum atomic E-state index is 12.7. The van der Waals surface area contributed by atoms with Crippen LogP contribution >= 0.6 is 0 Å². The zero-order valence-electron chi connectivity index (χ0n) is 21.5. The van der Waals surface area contributed by atoms with E-state index in [4.69, 9.17) is 4.84 Å². The number of nitrogens with zero attached hydrogens (tertiary/aromatic N) is 1. The molecule has 0 aromatic heterocycles. The molecular weight excluding hydrogens is 410 g/mol. The predicted molar refractivity (Wildman–Crippen MR) is 131 cm³/mol. The van der Waals surface area contributed by atoms with Crippen molar-refractivity contribution in [3.05, 3.63) is 11.6 Å². The second-order valence-corrected chi connectivity index (χ2v) is 12.9. The third-order valence-corrected chi connectivity index (χ3v) is 11.4. The average Bonchev–Trinajstić information content (AvgIpc) is 3.12. The number of hydrogen-bond donors (Lipinski definition) is 1. The Bertz CT molecular complexity index is 775. The Morgan fingerprint density at radius 2 is 1.94 bits per heavy atom. The molecule has 0 aromatic rings. The van der Waals surface area contributed by atoms with Crippen LogP contribution in [0.1, 0.15) is 104 Å². The fourth-order valence-corrected chi connectivity index (χ4v) is 9.09. The van der Waals surface area contributed by atoms with Crippen LogP contribution < -0.4 is 0 Å². The van der Waals surface area contributed by atoms with Gasteiger partial charge in [0.15, 0.2) is 0 Å². The lowest BCUT2D eigenvalue weighted by molar-refractivity contribution is -0.209. The highest BCUT2D eigenvalue weighted by atomic mass is 16.7. The Labute approximate surface area is 201 Å². The summed E-state index contributed by atoms with van der Waals surface area (Å²) < 4.78 is 0. The van der Waals surface area contributed by atoms with Crippen molar-refractivity contribution in [3.8, 4) is 0 Å². The zero-order valence-corrected chi connectivity index (χ0v) is 21.5. The van der Waals surface area contributed by atoms with E-state index in [1.165, 1.54) is 50.0 Å². The molecule has 5 aliphatic carbocycles. The van der Waals surface area contributed by atoms with Crippen molar-refractivity contribution in [3.63, 3.8) is 0 Å². The lowest BCUT2D eigenvalue weighted by Gasteiger charge is -2.58. The van der Waals surface area contributed by atoms with Gasteiger partial charge in [-0.3, -0.25) is 9.63 Å². The molecule has 0 bridgehead atoms. The van der Waals surface area contributed by atoms with Crippen molar-refractivity contribution >= 4 is 5.91 Å². The fourth-order valence-electron chi connectivity index (χ4n) is 9.09. The lowest BCUT2D eigenvalue weighted by Crippen LogP contribution is -2.50. The van der Waals surface area contributed by atoms with Crippen molar-refractivity contribution in [2.75, 3.05) is 7.05 Å². The van der Waals surface area contributed by atoms with Gasteiger partial charge in [0.25, 0.3) is 0 Å². The van der Waals surface area contributed by atoms with Gasteiger partial charge in [0.05, 0.1) is 12.2 Å². The Hall–Kier alpha value is -0.870. The van der Waals surface area contributed by atoms with Crippen molar-refractivity contribution in [1.29, 1.82) is 0 Å². The SMILES string of the molecule is CC(CCC(=O)N(C)OC1CCC1)[C@H]1CC[C@H]2[C@@H]3CC=C4C[C@@H](O)CC[C@]4(C)[C@H]3CC[C@]12C. The molecule has 0 aromatic carbocycles. The van der Waals surface area contributed by atoms with Crippen LogP contribution in [0, 0.1) is 40.4 Å². The number of aliphatic hydroxyl groups is 1. The van der Waals surface area contributed by atoms with Crippen LogP contribution in [-0.2, 0) is 9.63 Å². The zero-order chi connectivity index (χ0) is 23.4. The molecule has 1 N–H and O–H groups in total. The molecule has 4 heteroatoms. The molecule has 0 radical (unpaired) electrons. The van der Waals surface area contributed by atoms with E-state index in [2.05, 4.69) is 26.8 Å². The number of rotatable bonds is 6. The summed E-state index contributed by atoms with van der Waals surface area (Å²) in [7, 11) is 1.80. The normalized spacial score (nSPS) is 43.5. The number of hydroxylamine groups is 2. The van der Waals surface area contributed by atoms with Gasteiger partial charge in [-0.1, -0.05) is 32.4 Å². The minimum Gasteiger partial charge on any atom is -0.393 e. The number of carbonyl (C=O) groups is 1. The average molecular weight is 458 g/mol. The Morgan fingerprint density at radius 1 is 1.15 bits per heavy atom. The maximum Gasteiger partial charge on any atom is 0.245 e. The molecule has 0 saturated heterocycles. The predicted octanol–water partition coefficient (Wildman–Crippen LogP) is 6.29. The third kappa shape index (κ3) is 4.11. The van der Waals surface area contributed by atoms with E-state index >= 15 is 0 Å². The number of hydrogen-bond acceptors (Lipinski definition) is 3. The topological polar surface area (TPSA) is 49.8 Å². The highest BCUT2D eigenvalue weighted by molar-refractivity contribution is 5.74. The molecule has 1 unspecified atom stereocenters. The molecule has 5 rings (SSSR count). The Morgan fingerprint density at radius 3 is 2.67 bits per heavy atom. The van der Waals surface area contributed by atoms with Gasteiger partial charge in [-0.25, -0.2) is 5.06 Å². The number of carbonyl (C=O) groups excluding carboxylic acids is 1. The molecule has 0 heterocycles. The molecule has 8 atom stereocenters. The molecular formula is C29H47NO3. The van der Waals surface area contributed by atoms with Crippen LogP contribution in [0.15, 0.2) is 11.6 Å². The van der Waals surface area contributed by atoms with Crippen LogP contribution in [0.3, 0.4) is 0 Å². The van der Waals surface area contributed by atoms with Gasteiger partial charge in [-0.05, 0) is 117 Å². The summed E-state index contributed by atoms with van der Waals surface area (Å²) in [6.07, 6.45) is 17.4. The number of aliphatic hydroxyl groups excluding tert-OH is 1. The van der Waals surface area contributed by atoms with Gasteiger partial charge in [0, 0.05) is 13.5 Å². The summed E-state index contributed by atoms with van der Waals surface area (Å²) >= 11 is 0. The van der Waals surface area contributed by atoms with Gasteiger partial charge in [0.2, 0.25) is 5.91 Å². The summed E-state index contributed by atoms with van der Waals surface area (Å²) in [6.45, 7) is 7.53. The summed E-state index contributed by atoms with van der Waals surface area (Å²) in [5.41, 5.74) is 2.32. The van der Waals surface area contributed by atoms with E-state index in [1.807, 2.05) is 0 Å². The highest BCUT2D eigenvalue weighted by Gasteiger charge is 2.59. The van der Waals surface area contributed by atoms with E-state index in [-0.39, 0.29) is 18.1 Å². The number of allylic oxidation sites excluding steroid dienone is 1. The first-order chi connectivity index (χ1) is 15.7. The molecule has 1 amide bonds. The summed E-state index contributed by atoms with van der Waals surface area (Å²) in [6, 6.07) is 0. The number of amides is 1. The van der Waals surface area contributed by atoms with Gasteiger partial charge in [-0.2, -0.15) is 0 Å². The maximum absolute atomic E-state index is 12.7. The number of fused-ring (bicyclic) bond motifs is 5. The highest BCUT2D eigenvalue weighted by Crippen LogP contribution is 2.67. The molecule has 4 fully saturated rings. The first-order valence-corrected chi connectivity index (χ1v) is 14.0. The van der Waals surface area contributed by atoms with E-state index in [0.29, 0.717) is 23.2 Å². The second kappa shape index (κ2) is 8.97. The van der Waals surface area contributed by atoms with Crippen LogP contribution in [0.4, 0.5) is 0 Å². The van der Waals surface area contributed by atoms with E-state index in [1.54, 1.807) is 12.6 Å². The summed E-state index contributed by atoms with van der Waals surface area (Å²) in [5, 5.41) is 11.8. The second-order valence-electron chi connectivity index (χ2n) is 12.9. The Balaban J connectivity index is 1.22. The monoisotopic (exact) mass is 457 g/mol. The first kappa shape index (κ1) is 23.9. The largest absolute Gasteiger partial charge is 0.393 e. The van der Waals surface area contributed by atoms with Crippen LogP contribution in [0.25, 0.3) is 0 Å². The third-order valence-electron chi connectivity index (χ3n) is 11.4. The van der Waals surface area contributed by atoms with Crippen LogP contribution in [0.2, 0.25) is 0 Å². The van der Waals surface area contributed by atoms with Crippen molar-refractivity contribution in [2.45, 2.75) is 116 Å². The van der Waals surface area contributed by atoms with Crippen molar-refractivity contribution < 1.29 is 14.7 Å². The van der Waals surface area contributed by atoms with Crippen molar-refractivity contribution in [2.24, 2.45) is 40.4 Å². The van der Waals surface area contributed by atoms with E-state index in [0.717, 1.165) is 55.8 Å². The van der Waals surface area contributed by atoms with E-state index in [9.17, 15) is 9.90 Å². The minimum atomic E-state index is -0.118. The quantitative estimate of drug-likeness (QED) is 0.377. The Kier molecular flexibility index (Phi) is 6.48.